The van der Waals surface area contributed by atoms with E-state index in [1.807, 2.05) is 0 Å². The Kier molecular flexibility index (Phi) is 2.46. The molecule has 2 rings (SSSR count). The van der Waals surface area contributed by atoms with Crippen LogP contribution in [0.1, 0.15) is 25.3 Å². The van der Waals surface area contributed by atoms with Crippen molar-refractivity contribution in [3.63, 3.8) is 0 Å². The molecule has 1 unspecified atom stereocenters. The van der Waals surface area contributed by atoms with E-state index in [0.29, 0.717) is 23.1 Å². The summed E-state index contributed by atoms with van der Waals surface area (Å²) >= 11 is 0. The largest absolute Gasteiger partial charge is 0.397 e. The summed E-state index contributed by atoms with van der Waals surface area (Å²) in [5.41, 5.74) is 6.61. The highest BCUT2D eigenvalue weighted by molar-refractivity contribution is 5.57. The van der Waals surface area contributed by atoms with Gasteiger partial charge < -0.3 is 11.1 Å². The molecule has 0 aromatic carbocycles. The van der Waals surface area contributed by atoms with E-state index in [4.69, 9.17) is 11.0 Å². The van der Waals surface area contributed by atoms with E-state index < -0.39 is 0 Å². The van der Waals surface area contributed by atoms with Gasteiger partial charge in [-0.3, -0.25) is 0 Å². The van der Waals surface area contributed by atoms with Crippen molar-refractivity contribution in [2.45, 2.75) is 25.8 Å². The van der Waals surface area contributed by atoms with Gasteiger partial charge in [0.15, 0.2) is 0 Å². The number of rotatable bonds is 3. The van der Waals surface area contributed by atoms with Crippen LogP contribution in [0.3, 0.4) is 0 Å². The Balaban J connectivity index is 2.16. The molecule has 1 saturated carbocycles. The topological polar surface area (TPSA) is 74.7 Å². The first-order chi connectivity index (χ1) is 7.20. The number of hydrogen-bond donors (Lipinski definition) is 2. The molecule has 1 heterocycles. The predicted octanol–water partition coefficient (Wildman–Crippen LogP) is 1.75. The summed E-state index contributed by atoms with van der Waals surface area (Å²) in [4.78, 5) is 4.14. The third-order valence-corrected chi connectivity index (χ3v) is 2.72. The maximum absolute atomic E-state index is 8.92. The van der Waals surface area contributed by atoms with Gasteiger partial charge in [-0.1, -0.05) is 0 Å². The van der Waals surface area contributed by atoms with Crippen LogP contribution < -0.4 is 11.1 Å². The lowest BCUT2D eigenvalue weighted by atomic mass is 10.2. The minimum Gasteiger partial charge on any atom is -0.397 e. The van der Waals surface area contributed by atoms with Gasteiger partial charge in [0.25, 0.3) is 0 Å². The summed E-state index contributed by atoms with van der Waals surface area (Å²) in [5, 5.41) is 12.2. The SMILES string of the molecule is CC(Nc1ncc(N)cc1C#N)C1CC1. The monoisotopic (exact) mass is 202 g/mol. The van der Waals surface area contributed by atoms with Crippen LogP contribution in [0, 0.1) is 17.2 Å². The second-order valence-electron chi connectivity index (χ2n) is 4.05. The summed E-state index contributed by atoms with van der Waals surface area (Å²) in [6.07, 6.45) is 4.11. The van der Waals surface area contributed by atoms with Crippen LogP contribution in [0.25, 0.3) is 0 Å². The summed E-state index contributed by atoms with van der Waals surface area (Å²) < 4.78 is 0. The van der Waals surface area contributed by atoms with Crippen LogP contribution in [-0.4, -0.2) is 11.0 Å². The highest BCUT2D eigenvalue weighted by atomic mass is 15.0. The zero-order chi connectivity index (χ0) is 10.8. The molecule has 4 heteroatoms. The van der Waals surface area contributed by atoms with Crippen LogP contribution in [0.4, 0.5) is 11.5 Å². The molecule has 1 aliphatic rings. The average Bonchev–Trinajstić information content (AvgIpc) is 3.04. The lowest BCUT2D eigenvalue weighted by molar-refractivity contribution is 0.690. The van der Waals surface area contributed by atoms with Crippen molar-refractivity contribution in [1.82, 2.24) is 4.98 Å². The zero-order valence-corrected chi connectivity index (χ0v) is 8.70. The van der Waals surface area contributed by atoms with Gasteiger partial charge in [-0.2, -0.15) is 5.26 Å². The third-order valence-electron chi connectivity index (χ3n) is 2.72. The van der Waals surface area contributed by atoms with Crippen molar-refractivity contribution in [3.8, 4) is 6.07 Å². The summed E-state index contributed by atoms with van der Waals surface area (Å²) in [7, 11) is 0. The van der Waals surface area contributed by atoms with E-state index in [1.54, 1.807) is 12.3 Å². The number of nitrogens with zero attached hydrogens (tertiary/aromatic N) is 2. The molecule has 1 aliphatic carbocycles. The standard InChI is InChI=1S/C11H14N4/c1-7(8-2-3-8)15-11-9(5-12)4-10(13)6-14-11/h4,6-8H,2-3,13H2,1H3,(H,14,15). The van der Waals surface area contributed by atoms with Crippen molar-refractivity contribution in [3.05, 3.63) is 17.8 Å². The maximum atomic E-state index is 8.92. The van der Waals surface area contributed by atoms with Gasteiger partial charge in [-0.15, -0.1) is 0 Å². The van der Waals surface area contributed by atoms with E-state index in [-0.39, 0.29) is 0 Å². The van der Waals surface area contributed by atoms with Gasteiger partial charge in [0.2, 0.25) is 0 Å². The van der Waals surface area contributed by atoms with Crippen LogP contribution in [-0.2, 0) is 0 Å². The number of nitriles is 1. The first kappa shape index (κ1) is 9.78. The Morgan fingerprint density at radius 3 is 3.00 bits per heavy atom. The summed E-state index contributed by atoms with van der Waals surface area (Å²) in [5.74, 6) is 1.38. The molecule has 1 fully saturated rings. The molecule has 0 radical (unpaired) electrons. The fourth-order valence-electron chi connectivity index (χ4n) is 1.61. The lowest BCUT2D eigenvalue weighted by Crippen LogP contribution is -2.19. The Labute approximate surface area is 89.1 Å². The average molecular weight is 202 g/mol. The molecule has 0 saturated heterocycles. The van der Waals surface area contributed by atoms with E-state index in [1.165, 1.54) is 12.8 Å². The molecule has 0 aliphatic heterocycles. The van der Waals surface area contributed by atoms with Crippen molar-refractivity contribution in [2.75, 3.05) is 11.1 Å². The first-order valence-electron chi connectivity index (χ1n) is 5.13. The highest BCUT2D eigenvalue weighted by Crippen LogP contribution is 2.34. The van der Waals surface area contributed by atoms with Gasteiger partial charge in [0.05, 0.1) is 17.4 Å². The summed E-state index contributed by atoms with van der Waals surface area (Å²) in [6.45, 7) is 2.12. The number of pyridine rings is 1. The fourth-order valence-corrected chi connectivity index (χ4v) is 1.61. The van der Waals surface area contributed by atoms with E-state index in [0.717, 1.165) is 5.92 Å². The Morgan fingerprint density at radius 2 is 2.40 bits per heavy atom. The smallest absolute Gasteiger partial charge is 0.144 e. The molecule has 0 bridgehead atoms. The summed E-state index contributed by atoms with van der Waals surface area (Å²) in [6, 6.07) is 4.13. The van der Waals surface area contributed by atoms with Gasteiger partial charge in [-0.25, -0.2) is 4.98 Å². The molecule has 15 heavy (non-hydrogen) atoms. The van der Waals surface area contributed by atoms with Crippen LogP contribution in [0.5, 0.6) is 0 Å². The molecule has 4 nitrogen and oxygen atoms in total. The van der Waals surface area contributed by atoms with Crippen molar-refractivity contribution >= 4 is 11.5 Å². The number of nitrogen functional groups attached to an aromatic ring is 1. The maximum Gasteiger partial charge on any atom is 0.144 e. The number of nitrogens with two attached hydrogens (primary N) is 1. The van der Waals surface area contributed by atoms with Crippen molar-refractivity contribution in [1.29, 1.82) is 5.26 Å². The Hall–Kier alpha value is -1.76. The van der Waals surface area contributed by atoms with E-state index in [9.17, 15) is 0 Å². The molecular weight excluding hydrogens is 188 g/mol. The lowest BCUT2D eigenvalue weighted by Gasteiger charge is -2.14. The van der Waals surface area contributed by atoms with Crippen molar-refractivity contribution < 1.29 is 0 Å². The number of nitrogens with one attached hydrogen (secondary N) is 1. The molecule has 0 spiro atoms. The van der Waals surface area contributed by atoms with E-state index >= 15 is 0 Å². The van der Waals surface area contributed by atoms with Crippen LogP contribution in [0.2, 0.25) is 0 Å². The molecule has 1 atom stereocenters. The number of anilines is 2. The van der Waals surface area contributed by atoms with E-state index in [2.05, 4.69) is 23.3 Å². The Morgan fingerprint density at radius 1 is 1.67 bits per heavy atom. The van der Waals surface area contributed by atoms with Gasteiger partial charge in [0, 0.05) is 6.04 Å². The molecular formula is C11H14N4. The second-order valence-corrected chi connectivity index (χ2v) is 4.05. The van der Waals surface area contributed by atoms with Crippen molar-refractivity contribution in [2.24, 2.45) is 5.92 Å². The van der Waals surface area contributed by atoms with Crippen LogP contribution >= 0.6 is 0 Å². The van der Waals surface area contributed by atoms with Crippen LogP contribution in [0.15, 0.2) is 12.3 Å². The number of hydrogen-bond acceptors (Lipinski definition) is 4. The van der Waals surface area contributed by atoms with Gasteiger partial charge >= 0.3 is 0 Å². The molecule has 1 aromatic heterocycles. The zero-order valence-electron chi connectivity index (χ0n) is 8.70. The molecule has 3 N–H and O–H groups in total. The second kappa shape index (κ2) is 3.77. The fraction of sp³-hybridized carbons (Fsp3) is 0.455. The highest BCUT2D eigenvalue weighted by Gasteiger charge is 2.28. The molecule has 1 aromatic rings. The van der Waals surface area contributed by atoms with Gasteiger partial charge in [0.1, 0.15) is 11.9 Å². The molecule has 0 amide bonds. The first-order valence-corrected chi connectivity index (χ1v) is 5.13. The predicted molar refractivity (Wildman–Crippen MR) is 59.2 cm³/mol. The minimum absolute atomic E-state index is 0.383. The molecule has 78 valence electrons. The number of aromatic nitrogens is 1. The normalized spacial score (nSPS) is 16.8. The Bertz CT molecular complexity index is 404. The van der Waals surface area contributed by atoms with Gasteiger partial charge in [-0.05, 0) is 31.7 Å². The third kappa shape index (κ3) is 2.18. The minimum atomic E-state index is 0.383. The quantitative estimate of drug-likeness (QED) is 0.783.